The first kappa shape index (κ1) is 47.8. The molecule has 0 aliphatic heterocycles. The van der Waals surface area contributed by atoms with Crippen LogP contribution in [0.4, 0.5) is 13.2 Å². The second-order valence-electron chi connectivity index (χ2n) is 13.9. The third-order valence-corrected chi connectivity index (χ3v) is 16.3. The Bertz CT molecular complexity index is 2820. The van der Waals surface area contributed by atoms with E-state index in [0.29, 0.717) is 10.8 Å². The number of hydrogen-bond donors (Lipinski definition) is 1. The average molecular weight is 1010 g/mol. The van der Waals surface area contributed by atoms with Crippen LogP contribution in [0.5, 0.6) is 5.75 Å². The molecular weight excluding hydrogens is 971 g/mol. The van der Waals surface area contributed by atoms with Crippen molar-refractivity contribution in [1.82, 2.24) is 4.57 Å². The molecule has 7 aromatic carbocycles. The van der Waals surface area contributed by atoms with Gasteiger partial charge in [0.05, 0.1) is 5.52 Å². The van der Waals surface area contributed by atoms with Gasteiger partial charge in [0, 0.05) is 78.4 Å². The Balaban J connectivity index is 0.000000177. The van der Waals surface area contributed by atoms with Gasteiger partial charge >= 0.3 is 6.18 Å². The second-order valence-corrected chi connectivity index (χ2v) is 19.7. The fourth-order valence-corrected chi connectivity index (χ4v) is 12.1. The van der Waals surface area contributed by atoms with Crippen LogP contribution in [0.1, 0.15) is 24.2 Å². The molecule has 0 saturated carbocycles. The molecule has 0 aliphatic rings. The van der Waals surface area contributed by atoms with Crippen molar-refractivity contribution in [1.29, 1.82) is 0 Å². The van der Waals surface area contributed by atoms with Gasteiger partial charge in [0.25, 0.3) is 11.3 Å². The van der Waals surface area contributed by atoms with E-state index in [9.17, 15) is 37.0 Å². The molecule has 1 N–H and O–H groups in total. The number of aromatic hydroxyl groups is 1. The van der Waals surface area contributed by atoms with E-state index in [4.69, 9.17) is 0 Å². The van der Waals surface area contributed by atoms with Crippen LogP contribution in [-0.2, 0) is 15.7 Å². The van der Waals surface area contributed by atoms with Crippen molar-refractivity contribution in [2.75, 3.05) is 0 Å². The summed E-state index contributed by atoms with van der Waals surface area (Å²) < 4.78 is 66.6. The number of halogens is 3. The molecule has 0 fully saturated rings. The molecule has 0 saturated heterocycles. The zero-order valence-electron chi connectivity index (χ0n) is 33.7. The molecule has 8 rings (SSSR count). The molecule has 316 valence electrons. The minimum Gasteiger partial charge on any atom is -0.506 e. The number of alkyl halides is 3. The Labute approximate surface area is 390 Å². The Morgan fingerprint density at radius 2 is 0.984 bits per heavy atom. The number of ketones is 1. The molecule has 62 heavy (non-hydrogen) atoms. The van der Waals surface area contributed by atoms with E-state index >= 15 is 0 Å². The predicted molar refractivity (Wildman–Crippen MR) is 244 cm³/mol. The number of benzene rings is 7. The summed E-state index contributed by atoms with van der Waals surface area (Å²) in [6.45, 7) is 7.39. The van der Waals surface area contributed by atoms with Crippen LogP contribution in [0, 0.1) is 39.9 Å². The zero-order chi connectivity index (χ0) is 43.8. The van der Waals surface area contributed by atoms with E-state index in [0.717, 1.165) is 36.4 Å². The molecule has 0 unspecified atom stereocenters. The largest absolute Gasteiger partial charge is 0.506 e. The fourth-order valence-electron chi connectivity index (χ4n) is 7.09. The third kappa shape index (κ3) is 9.86. The quantitative estimate of drug-likeness (QED) is 0.0930. The van der Waals surface area contributed by atoms with Crippen LogP contribution in [0.3, 0.4) is 0 Å². The summed E-state index contributed by atoms with van der Waals surface area (Å²) >= 11 is 0. The second kappa shape index (κ2) is 20.8. The number of nitrogens with zero attached hydrogens (tertiary/aromatic N) is 1. The Morgan fingerprint density at radius 1 is 0.613 bits per heavy atom. The average Bonchev–Trinajstić information content (AvgIpc) is 3.30. The predicted octanol–water partition coefficient (Wildman–Crippen LogP) is 10.5. The fraction of sp³-hybridized carbons (Fsp3) is 0.0800. The van der Waals surface area contributed by atoms with Gasteiger partial charge < -0.3 is 18.8 Å². The molecule has 12 heteroatoms. The maximum atomic E-state index is 13.8. The molecule has 1 heterocycles. The summed E-state index contributed by atoms with van der Waals surface area (Å²) in [5, 5.41) is 16.6. The molecule has 0 atom stereocenters. The van der Waals surface area contributed by atoms with Crippen LogP contribution in [0.2, 0.25) is 0 Å². The first-order valence-electron chi connectivity index (χ1n) is 19.3. The van der Waals surface area contributed by atoms with Gasteiger partial charge in [-0.15, -0.1) is 0 Å². The number of hydrogen-bond acceptors (Lipinski definition) is 5. The van der Waals surface area contributed by atoms with Gasteiger partial charge in [-0.25, -0.2) is 0 Å². The van der Waals surface area contributed by atoms with Crippen LogP contribution in [-0.4, -0.2) is 21.6 Å². The first-order valence-corrected chi connectivity index (χ1v) is 22.7. The summed E-state index contributed by atoms with van der Waals surface area (Å²) in [6, 6.07) is 58.3. The smallest absolute Gasteiger partial charge is 0.455 e. The van der Waals surface area contributed by atoms with E-state index in [-0.39, 0.29) is 57.4 Å². The van der Waals surface area contributed by atoms with Gasteiger partial charge in [0.1, 0.15) is 11.3 Å². The maximum absolute atomic E-state index is 13.8. The summed E-state index contributed by atoms with van der Waals surface area (Å²) in [4.78, 5) is 24.0. The molecule has 1 aromatic heterocycles. The number of allylic oxidation sites excluding steroid dienone is 1. The van der Waals surface area contributed by atoms with E-state index in [1.807, 2.05) is 159 Å². The molecule has 0 bridgehead atoms. The number of aromatic nitrogens is 1. The summed E-state index contributed by atoms with van der Waals surface area (Å²) in [5.41, 5.74) is -2.12. The number of rotatable bonds is 8. The Morgan fingerprint density at radius 3 is 1.35 bits per heavy atom. The standard InChI is InChI=1S/C18H15OP.C17H12F3NO3.C15H15OP.Gd/c19-20(16-10-4-1-5-11-16,17-12-6-2-7-13-17)18-14-8-3-9-15-18;1-2-21-11-8-7-9-5-3-4-6-10(9)12(11)14(22)13(16(21)24)15(23)17(18,19)20;1-13(2)17(16,14-9-5-3-6-10-14)15-11-7-4-8-12-15;/h1-15H;3-8,22H,2H2,1H3;3-12H,1H2,2H3;. The SMILES string of the molecule is C=C(C)P(=O)(c1ccccc1)c1ccccc1.CCn1c(=O)c(C(=O)C(F)(F)F)c(O)c2c3ccccc3ccc21.O=P(c1ccccc1)(c1ccccc1)c1ccccc1.[Gd]. The van der Waals surface area contributed by atoms with Gasteiger partial charge in [-0.3, -0.25) is 9.59 Å². The van der Waals surface area contributed by atoms with Crippen molar-refractivity contribution in [2.24, 2.45) is 0 Å². The number of fused-ring (bicyclic) bond motifs is 3. The van der Waals surface area contributed by atoms with E-state index in [2.05, 4.69) is 6.58 Å². The molecular formula is C50H42F3GdNO5P2. The number of carbonyl (C=O) groups is 1. The number of Topliss-reactive ketones (excluding diaryl/α,β-unsaturated/α-hetero) is 1. The molecule has 0 aliphatic carbocycles. The molecule has 0 amide bonds. The zero-order valence-corrected chi connectivity index (χ0v) is 37.8. The first-order chi connectivity index (χ1) is 29.2. The minimum absolute atomic E-state index is 0. The van der Waals surface area contributed by atoms with Crippen LogP contribution >= 0.6 is 14.3 Å². The van der Waals surface area contributed by atoms with Crippen molar-refractivity contribution in [2.45, 2.75) is 26.6 Å². The molecule has 0 radical (unpaired) electrons. The van der Waals surface area contributed by atoms with Crippen LogP contribution in [0.25, 0.3) is 21.7 Å². The van der Waals surface area contributed by atoms with Crippen molar-refractivity contribution in [3.8, 4) is 5.75 Å². The van der Waals surface area contributed by atoms with Crippen molar-refractivity contribution in [3.05, 3.63) is 216 Å². The molecule has 0 spiro atoms. The van der Waals surface area contributed by atoms with Crippen molar-refractivity contribution in [3.63, 3.8) is 0 Å². The molecule has 8 aromatic rings. The normalized spacial score (nSPS) is 11.3. The monoisotopic (exact) mass is 1010 g/mol. The van der Waals surface area contributed by atoms with Crippen molar-refractivity contribution < 1.29 is 72.1 Å². The van der Waals surface area contributed by atoms with Crippen LogP contribution in [0.15, 0.2) is 205 Å². The van der Waals surface area contributed by atoms with Gasteiger partial charge in [0.2, 0.25) is 0 Å². The van der Waals surface area contributed by atoms with Gasteiger partial charge in [-0.2, -0.15) is 13.2 Å². The summed E-state index contributed by atoms with van der Waals surface area (Å²) in [7, 11) is -5.47. The number of carbonyl (C=O) groups excluding carboxylic acids is 1. The van der Waals surface area contributed by atoms with E-state index < -0.39 is 43.1 Å². The van der Waals surface area contributed by atoms with Gasteiger partial charge in [-0.05, 0) is 36.0 Å². The van der Waals surface area contributed by atoms with E-state index in [1.165, 1.54) is 0 Å². The third-order valence-electron chi connectivity index (χ3n) is 10.1. The van der Waals surface area contributed by atoms with Gasteiger partial charge in [-0.1, -0.05) is 189 Å². The van der Waals surface area contributed by atoms with Gasteiger partial charge in [0.15, 0.2) is 14.3 Å². The Kier molecular flexibility index (Phi) is 16.0. The summed E-state index contributed by atoms with van der Waals surface area (Å²) in [5.74, 6) is -3.28. The maximum Gasteiger partial charge on any atom is 0.455 e. The topological polar surface area (TPSA) is 93.4 Å². The number of aryl methyl sites for hydroxylation is 1. The minimum atomic E-state index is -5.25. The Hall–Kier alpha value is -5.21. The van der Waals surface area contributed by atoms with Crippen LogP contribution < -0.4 is 32.1 Å². The van der Waals surface area contributed by atoms with E-state index in [1.54, 1.807) is 43.3 Å². The summed E-state index contributed by atoms with van der Waals surface area (Å²) in [6.07, 6.45) is -5.25. The van der Waals surface area contributed by atoms with Crippen molar-refractivity contribution >= 4 is 68.3 Å². The molecule has 6 nitrogen and oxygen atoms in total. The number of pyridine rings is 1.